The summed E-state index contributed by atoms with van der Waals surface area (Å²) in [7, 11) is 0. The fourth-order valence-electron chi connectivity index (χ4n) is 1.60. The van der Waals surface area contributed by atoms with Crippen molar-refractivity contribution in [2.75, 3.05) is 26.2 Å². The number of piperazine rings is 1. The number of oxime groups is 1. The van der Waals surface area contributed by atoms with Crippen LogP contribution >= 0.6 is 0 Å². The highest BCUT2D eigenvalue weighted by molar-refractivity contribution is 5.84. The molecule has 1 atom stereocenters. The molecular weight excluding hydrogens is 198 g/mol. The van der Waals surface area contributed by atoms with Crippen molar-refractivity contribution >= 4 is 11.9 Å². The van der Waals surface area contributed by atoms with Gasteiger partial charge in [-0.25, -0.2) is 4.79 Å². The van der Waals surface area contributed by atoms with Crippen LogP contribution < -0.4 is 11.5 Å². The van der Waals surface area contributed by atoms with E-state index in [-0.39, 0.29) is 11.9 Å². The summed E-state index contributed by atoms with van der Waals surface area (Å²) in [6, 6.07) is -0.517. The number of amidine groups is 1. The van der Waals surface area contributed by atoms with Gasteiger partial charge in [-0.3, -0.25) is 4.90 Å². The summed E-state index contributed by atoms with van der Waals surface area (Å²) in [6.45, 7) is 4.38. The lowest BCUT2D eigenvalue weighted by atomic mass is 10.2. The number of hydrogen-bond acceptors (Lipinski definition) is 4. The van der Waals surface area contributed by atoms with Crippen molar-refractivity contribution in [2.45, 2.75) is 13.0 Å². The van der Waals surface area contributed by atoms with E-state index in [1.54, 1.807) is 4.90 Å². The second-order valence-corrected chi connectivity index (χ2v) is 3.56. The molecule has 0 aromatic carbocycles. The van der Waals surface area contributed by atoms with Gasteiger partial charge in [0.1, 0.15) is 0 Å². The predicted molar refractivity (Wildman–Crippen MR) is 55.6 cm³/mol. The zero-order chi connectivity index (χ0) is 11.4. The smallest absolute Gasteiger partial charge is 0.314 e. The lowest BCUT2D eigenvalue weighted by Crippen LogP contribution is -2.55. The van der Waals surface area contributed by atoms with Crippen LogP contribution in [0.3, 0.4) is 0 Å². The van der Waals surface area contributed by atoms with Gasteiger partial charge in [-0.05, 0) is 6.92 Å². The highest BCUT2D eigenvalue weighted by Crippen LogP contribution is 2.06. The second kappa shape index (κ2) is 4.83. The lowest BCUT2D eigenvalue weighted by Gasteiger charge is -2.36. The molecule has 1 saturated heterocycles. The predicted octanol–water partition coefficient (Wildman–Crippen LogP) is -1.18. The quantitative estimate of drug-likeness (QED) is 0.233. The third-order valence-electron chi connectivity index (χ3n) is 2.72. The van der Waals surface area contributed by atoms with Crippen molar-refractivity contribution < 1.29 is 10.0 Å². The molecule has 0 aromatic rings. The number of nitrogens with two attached hydrogens (primary N) is 2. The van der Waals surface area contributed by atoms with E-state index in [9.17, 15) is 4.79 Å². The standard InChI is InChI=1S/C8H17N5O2/c1-6(7(9)11-15)12-2-4-13(5-3-12)8(10)14/h6,15H,2-5H2,1H3,(H2,9,11)(H2,10,14). The van der Waals surface area contributed by atoms with Crippen molar-refractivity contribution in [2.24, 2.45) is 16.6 Å². The van der Waals surface area contributed by atoms with Crippen LogP contribution in [0.1, 0.15) is 6.92 Å². The Morgan fingerprint density at radius 1 is 1.33 bits per heavy atom. The first-order valence-corrected chi connectivity index (χ1v) is 4.82. The average Bonchev–Trinajstić information content (AvgIpc) is 2.27. The molecule has 1 aliphatic rings. The SMILES string of the molecule is CC(C(N)=NO)N1CCN(C(N)=O)CC1. The van der Waals surface area contributed by atoms with E-state index < -0.39 is 6.03 Å². The number of nitrogens with zero attached hydrogens (tertiary/aromatic N) is 3. The highest BCUT2D eigenvalue weighted by atomic mass is 16.4. The van der Waals surface area contributed by atoms with Gasteiger partial charge in [0.2, 0.25) is 0 Å². The van der Waals surface area contributed by atoms with Crippen LogP contribution in [0.15, 0.2) is 5.16 Å². The van der Waals surface area contributed by atoms with E-state index in [1.165, 1.54) is 0 Å². The largest absolute Gasteiger partial charge is 0.409 e. The first-order chi connectivity index (χ1) is 7.06. The van der Waals surface area contributed by atoms with E-state index >= 15 is 0 Å². The molecule has 1 fully saturated rings. The van der Waals surface area contributed by atoms with E-state index in [4.69, 9.17) is 16.7 Å². The highest BCUT2D eigenvalue weighted by Gasteiger charge is 2.24. The zero-order valence-electron chi connectivity index (χ0n) is 8.76. The van der Waals surface area contributed by atoms with Crippen LogP contribution in [0, 0.1) is 0 Å². The number of rotatable bonds is 2. The summed E-state index contributed by atoms with van der Waals surface area (Å²) in [5, 5.41) is 11.5. The lowest BCUT2D eigenvalue weighted by molar-refractivity contribution is 0.135. The molecule has 0 bridgehead atoms. The fourth-order valence-corrected chi connectivity index (χ4v) is 1.60. The number of amides is 2. The molecule has 15 heavy (non-hydrogen) atoms. The minimum absolute atomic E-state index is 0.120. The van der Waals surface area contributed by atoms with E-state index in [0.29, 0.717) is 26.2 Å². The number of primary amides is 1. The first kappa shape index (κ1) is 11.6. The molecule has 1 rings (SSSR count). The van der Waals surface area contributed by atoms with E-state index in [2.05, 4.69) is 5.16 Å². The summed E-state index contributed by atoms with van der Waals surface area (Å²) in [5.41, 5.74) is 10.6. The van der Waals surface area contributed by atoms with E-state index in [0.717, 1.165) is 0 Å². The monoisotopic (exact) mass is 215 g/mol. The molecule has 0 aromatic heterocycles. The Balaban J connectivity index is 2.47. The number of carbonyl (C=O) groups excluding carboxylic acids is 1. The minimum Gasteiger partial charge on any atom is -0.409 e. The molecule has 7 nitrogen and oxygen atoms in total. The maximum atomic E-state index is 10.9. The third-order valence-corrected chi connectivity index (χ3v) is 2.72. The van der Waals surface area contributed by atoms with Crippen LogP contribution in [0.5, 0.6) is 0 Å². The summed E-state index contributed by atoms with van der Waals surface area (Å²) in [5.74, 6) is 0.183. The van der Waals surface area contributed by atoms with Crippen molar-refractivity contribution in [1.82, 2.24) is 9.80 Å². The van der Waals surface area contributed by atoms with Gasteiger partial charge in [0, 0.05) is 26.2 Å². The summed E-state index contributed by atoms with van der Waals surface area (Å²) in [6.07, 6.45) is 0. The van der Waals surface area contributed by atoms with Gasteiger partial charge in [0.15, 0.2) is 5.84 Å². The van der Waals surface area contributed by atoms with Crippen LogP contribution in [-0.4, -0.2) is 59.1 Å². The first-order valence-electron chi connectivity index (χ1n) is 4.82. The van der Waals surface area contributed by atoms with E-state index in [1.807, 2.05) is 11.8 Å². The summed E-state index contributed by atoms with van der Waals surface area (Å²) < 4.78 is 0. The van der Waals surface area contributed by atoms with Gasteiger partial charge in [0.05, 0.1) is 6.04 Å². The number of carbonyl (C=O) groups is 1. The maximum absolute atomic E-state index is 10.9. The Morgan fingerprint density at radius 2 is 1.87 bits per heavy atom. The van der Waals surface area contributed by atoms with Crippen LogP contribution in [-0.2, 0) is 0 Å². The maximum Gasteiger partial charge on any atom is 0.314 e. The van der Waals surface area contributed by atoms with Crippen LogP contribution in [0.2, 0.25) is 0 Å². The van der Waals surface area contributed by atoms with Gasteiger partial charge < -0.3 is 21.6 Å². The Bertz CT molecular complexity index is 260. The molecule has 0 spiro atoms. The third kappa shape index (κ3) is 2.72. The van der Waals surface area contributed by atoms with Crippen LogP contribution in [0.4, 0.5) is 4.79 Å². The molecule has 0 saturated carbocycles. The van der Waals surface area contributed by atoms with Gasteiger partial charge >= 0.3 is 6.03 Å². The summed E-state index contributed by atoms with van der Waals surface area (Å²) >= 11 is 0. The Kier molecular flexibility index (Phi) is 3.73. The molecule has 86 valence electrons. The number of urea groups is 1. The molecule has 1 heterocycles. The molecule has 7 heteroatoms. The minimum atomic E-state index is -0.397. The molecule has 5 N–H and O–H groups in total. The molecule has 1 unspecified atom stereocenters. The second-order valence-electron chi connectivity index (χ2n) is 3.56. The normalized spacial score (nSPS) is 21.4. The van der Waals surface area contributed by atoms with Crippen molar-refractivity contribution in [3.8, 4) is 0 Å². The van der Waals surface area contributed by atoms with Gasteiger partial charge in [0.25, 0.3) is 0 Å². The molecule has 0 aliphatic carbocycles. The molecular formula is C8H17N5O2. The molecule has 2 amide bonds. The van der Waals surface area contributed by atoms with Gasteiger partial charge in [-0.1, -0.05) is 5.16 Å². The average molecular weight is 215 g/mol. The molecule has 0 radical (unpaired) electrons. The van der Waals surface area contributed by atoms with Gasteiger partial charge in [-0.2, -0.15) is 0 Å². The Labute approximate surface area is 88.3 Å². The Hall–Kier alpha value is -1.50. The van der Waals surface area contributed by atoms with Crippen molar-refractivity contribution in [3.63, 3.8) is 0 Å². The van der Waals surface area contributed by atoms with Crippen molar-refractivity contribution in [1.29, 1.82) is 0 Å². The topological polar surface area (TPSA) is 108 Å². The fraction of sp³-hybridized carbons (Fsp3) is 0.750. The molecule has 1 aliphatic heterocycles. The number of hydrogen-bond donors (Lipinski definition) is 3. The zero-order valence-corrected chi connectivity index (χ0v) is 8.76. The van der Waals surface area contributed by atoms with Crippen molar-refractivity contribution in [3.05, 3.63) is 0 Å². The van der Waals surface area contributed by atoms with Gasteiger partial charge in [-0.15, -0.1) is 0 Å². The van der Waals surface area contributed by atoms with Crippen LogP contribution in [0.25, 0.3) is 0 Å². The Morgan fingerprint density at radius 3 is 2.27 bits per heavy atom. The summed E-state index contributed by atoms with van der Waals surface area (Å²) in [4.78, 5) is 14.5.